The lowest BCUT2D eigenvalue weighted by atomic mass is 9.93. The van der Waals surface area contributed by atoms with Gasteiger partial charge in [-0.25, -0.2) is 13.6 Å². The quantitative estimate of drug-likeness (QED) is 0.542. The maximum atomic E-state index is 14.5. The molecule has 1 saturated heterocycles. The lowest BCUT2D eigenvalue weighted by Gasteiger charge is -2.20. The number of H-pyrrole nitrogens is 1. The number of carbonyl (C=O) groups is 2. The van der Waals surface area contributed by atoms with Gasteiger partial charge in [0.1, 0.15) is 23.4 Å². The summed E-state index contributed by atoms with van der Waals surface area (Å²) in [5.74, 6) is -3.06. The molecular weight excluding hydrogens is 382 g/mol. The van der Waals surface area contributed by atoms with E-state index in [-0.39, 0.29) is 17.9 Å². The number of fused-ring (bicyclic) bond motifs is 1. The molecule has 1 aliphatic rings. The van der Waals surface area contributed by atoms with Crippen LogP contribution in [0.15, 0.2) is 42.6 Å². The van der Waals surface area contributed by atoms with Gasteiger partial charge in [0.15, 0.2) is 0 Å². The minimum absolute atomic E-state index is 0.000736. The SMILES string of the molecule is COc1cc(F)c(C2CNC(=O)C2NC(=O)Nc2ccc3[nH]ccc3c2)c(F)c1. The molecule has 7 nitrogen and oxygen atoms in total. The third kappa shape index (κ3) is 3.58. The van der Waals surface area contributed by atoms with Gasteiger partial charge in [-0.1, -0.05) is 0 Å². The summed E-state index contributed by atoms with van der Waals surface area (Å²) in [5, 5.41) is 8.60. The zero-order chi connectivity index (χ0) is 20.5. The standard InChI is InChI=1S/C20H18F2N4O3/c1-29-12-7-14(21)17(15(22)8-12)13-9-24-19(27)18(13)26-20(28)25-11-2-3-16-10(6-11)4-5-23-16/h2-8,13,18,23H,9H2,1H3,(H,24,27)(H2,25,26,28). The number of nitrogens with one attached hydrogen (secondary N) is 4. The number of amides is 3. The maximum absolute atomic E-state index is 14.5. The number of halogens is 2. The Morgan fingerprint density at radius 3 is 2.66 bits per heavy atom. The minimum Gasteiger partial charge on any atom is -0.497 e. The van der Waals surface area contributed by atoms with Crippen LogP contribution in [0.2, 0.25) is 0 Å². The van der Waals surface area contributed by atoms with Crippen LogP contribution >= 0.6 is 0 Å². The topological polar surface area (TPSA) is 95.2 Å². The Hall–Kier alpha value is -3.62. The first-order chi connectivity index (χ1) is 14.0. The van der Waals surface area contributed by atoms with E-state index in [1.165, 1.54) is 7.11 Å². The van der Waals surface area contributed by atoms with E-state index in [9.17, 15) is 18.4 Å². The number of anilines is 1. The molecule has 0 spiro atoms. The Labute approximate surface area is 164 Å². The maximum Gasteiger partial charge on any atom is 0.319 e. The molecular formula is C20H18F2N4O3. The lowest BCUT2D eigenvalue weighted by molar-refractivity contribution is -0.120. The molecule has 0 bridgehead atoms. The number of aromatic amines is 1. The number of rotatable bonds is 4. The molecule has 1 aliphatic heterocycles. The summed E-state index contributed by atoms with van der Waals surface area (Å²) in [6.07, 6.45) is 1.78. The minimum atomic E-state index is -1.12. The van der Waals surface area contributed by atoms with Crippen molar-refractivity contribution in [1.29, 1.82) is 0 Å². The molecule has 1 fully saturated rings. The first-order valence-corrected chi connectivity index (χ1v) is 8.91. The first kappa shape index (κ1) is 18.7. The van der Waals surface area contributed by atoms with Crippen molar-refractivity contribution in [3.05, 3.63) is 59.8 Å². The molecule has 4 N–H and O–H groups in total. The highest BCUT2D eigenvalue weighted by atomic mass is 19.1. The van der Waals surface area contributed by atoms with Gasteiger partial charge in [-0.15, -0.1) is 0 Å². The fourth-order valence-electron chi connectivity index (χ4n) is 3.53. The molecule has 2 aromatic carbocycles. The van der Waals surface area contributed by atoms with Gasteiger partial charge in [-0.2, -0.15) is 0 Å². The molecule has 0 saturated carbocycles. The molecule has 4 rings (SSSR count). The molecule has 3 amide bonds. The first-order valence-electron chi connectivity index (χ1n) is 8.91. The van der Waals surface area contributed by atoms with Gasteiger partial charge >= 0.3 is 6.03 Å². The van der Waals surface area contributed by atoms with E-state index in [4.69, 9.17) is 4.74 Å². The van der Waals surface area contributed by atoms with E-state index >= 15 is 0 Å². The van der Waals surface area contributed by atoms with E-state index in [1.54, 1.807) is 24.4 Å². The molecule has 2 atom stereocenters. The van der Waals surface area contributed by atoms with Crippen LogP contribution in [0, 0.1) is 11.6 Å². The Kier molecular flexibility index (Phi) is 4.79. The third-order valence-electron chi connectivity index (χ3n) is 4.94. The molecule has 29 heavy (non-hydrogen) atoms. The zero-order valence-electron chi connectivity index (χ0n) is 15.4. The second-order valence-corrected chi connectivity index (χ2v) is 6.71. The third-order valence-corrected chi connectivity index (χ3v) is 4.94. The summed E-state index contributed by atoms with van der Waals surface area (Å²) in [6, 6.07) is 7.44. The number of carbonyl (C=O) groups excluding carboxylic acids is 2. The van der Waals surface area contributed by atoms with E-state index < -0.39 is 35.5 Å². The van der Waals surface area contributed by atoms with Crippen molar-refractivity contribution in [1.82, 2.24) is 15.6 Å². The van der Waals surface area contributed by atoms with Gasteiger partial charge in [0.25, 0.3) is 0 Å². The van der Waals surface area contributed by atoms with Crippen LogP contribution in [0.4, 0.5) is 19.3 Å². The Morgan fingerprint density at radius 1 is 1.17 bits per heavy atom. The fraction of sp³-hybridized carbons (Fsp3) is 0.200. The highest BCUT2D eigenvalue weighted by molar-refractivity contribution is 5.96. The number of methoxy groups -OCH3 is 1. The summed E-state index contributed by atoms with van der Waals surface area (Å²) in [6.45, 7) is -0.000736. The second-order valence-electron chi connectivity index (χ2n) is 6.71. The van der Waals surface area contributed by atoms with Crippen molar-refractivity contribution in [2.45, 2.75) is 12.0 Å². The largest absolute Gasteiger partial charge is 0.497 e. The summed E-state index contributed by atoms with van der Waals surface area (Å²) in [5.41, 5.74) is 1.16. The predicted molar refractivity (Wildman–Crippen MR) is 103 cm³/mol. The van der Waals surface area contributed by atoms with Gasteiger partial charge in [-0.3, -0.25) is 4.79 Å². The molecule has 2 heterocycles. The Morgan fingerprint density at radius 2 is 1.93 bits per heavy atom. The van der Waals surface area contributed by atoms with Crippen LogP contribution in [0.5, 0.6) is 5.75 Å². The van der Waals surface area contributed by atoms with Crippen LogP contribution in [0.3, 0.4) is 0 Å². The lowest BCUT2D eigenvalue weighted by Crippen LogP contribution is -2.45. The smallest absolute Gasteiger partial charge is 0.319 e. The van der Waals surface area contributed by atoms with Crippen LogP contribution in [0.25, 0.3) is 10.9 Å². The second kappa shape index (κ2) is 7.42. The van der Waals surface area contributed by atoms with Crippen LogP contribution in [0.1, 0.15) is 11.5 Å². The van der Waals surface area contributed by atoms with E-state index in [2.05, 4.69) is 20.9 Å². The number of benzene rings is 2. The van der Waals surface area contributed by atoms with E-state index in [1.807, 2.05) is 6.07 Å². The van der Waals surface area contributed by atoms with Crippen LogP contribution in [-0.2, 0) is 4.79 Å². The molecule has 2 unspecified atom stereocenters. The number of hydrogen-bond donors (Lipinski definition) is 4. The van der Waals surface area contributed by atoms with E-state index in [0.29, 0.717) is 5.69 Å². The van der Waals surface area contributed by atoms with E-state index in [0.717, 1.165) is 23.0 Å². The van der Waals surface area contributed by atoms with Crippen molar-refractivity contribution in [2.24, 2.45) is 0 Å². The summed E-state index contributed by atoms with van der Waals surface area (Å²) in [4.78, 5) is 27.7. The monoisotopic (exact) mass is 400 g/mol. The summed E-state index contributed by atoms with van der Waals surface area (Å²) in [7, 11) is 1.30. The molecule has 0 aliphatic carbocycles. The van der Waals surface area contributed by atoms with Gasteiger partial charge in [0, 0.05) is 52.9 Å². The average Bonchev–Trinajstić information content (AvgIpc) is 3.28. The van der Waals surface area contributed by atoms with Crippen LogP contribution in [-0.4, -0.2) is 36.6 Å². The highest BCUT2D eigenvalue weighted by Crippen LogP contribution is 2.31. The highest BCUT2D eigenvalue weighted by Gasteiger charge is 2.40. The molecule has 1 aromatic heterocycles. The van der Waals surface area contributed by atoms with Gasteiger partial charge in [0.2, 0.25) is 5.91 Å². The van der Waals surface area contributed by atoms with Gasteiger partial charge < -0.3 is 25.7 Å². The normalized spacial score (nSPS) is 18.5. The molecule has 150 valence electrons. The van der Waals surface area contributed by atoms with Crippen molar-refractivity contribution >= 4 is 28.5 Å². The predicted octanol–water partition coefficient (Wildman–Crippen LogP) is 2.86. The molecule has 9 heteroatoms. The van der Waals surface area contributed by atoms with Crippen molar-refractivity contribution in [2.75, 3.05) is 19.0 Å². The average molecular weight is 400 g/mol. The Bertz CT molecular complexity index is 1080. The van der Waals surface area contributed by atoms with Crippen molar-refractivity contribution in [3.8, 4) is 5.75 Å². The summed E-state index contributed by atoms with van der Waals surface area (Å²) >= 11 is 0. The van der Waals surface area contributed by atoms with Gasteiger partial charge in [0.05, 0.1) is 7.11 Å². The summed E-state index contributed by atoms with van der Waals surface area (Å²) < 4.78 is 33.8. The Balaban J connectivity index is 1.53. The number of ether oxygens (including phenoxy) is 1. The fourth-order valence-corrected chi connectivity index (χ4v) is 3.53. The zero-order valence-corrected chi connectivity index (χ0v) is 15.4. The molecule has 0 radical (unpaired) electrons. The number of aromatic nitrogens is 1. The van der Waals surface area contributed by atoms with Crippen molar-refractivity contribution < 1.29 is 23.1 Å². The van der Waals surface area contributed by atoms with Gasteiger partial charge in [-0.05, 0) is 24.3 Å². The number of hydrogen-bond acceptors (Lipinski definition) is 3. The van der Waals surface area contributed by atoms with Crippen LogP contribution < -0.4 is 20.7 Å². The molecule has 3 aromatic rings. The van der Waals surface area contributed by atoms with Crippen molar-refractivity contribution in [3.63, 3.8) is 0 Å². The number of urea groups is 1.